The van der Waals surface area contributed by atoms with Crippen LogP contribution in [0.3, 0.4) is 0 Å². The van der Waals surface area contributed by atoms with Gasteiger partial charge in [0.1, 0.15) is 0 Å². The molecule has 0 amide bonds. The average molecular weight is 835 g/mol. The van der Waals surface area contributed by atoms with E-state index in [4.69, 9.17) is 0 Å². The molecule has 0 aromatic heterocycles. The molecular weight excluding hydrogens is 787 g/mol. The quantitative estimate of drug-likeness (QED) is 0.219. The van der Waals surface area contributed by atoms with Crippen LogP contribution in [0.1, 0.15) is 0 Å². The standard InChI is InChI=1S/16CH3.3Ar.4Sn/h16*1H3;;;;;;;. The van der Waals surface area contributed by atoms with Crippen LogP contribution in [0.15, 0.2) is 0 Å². The molecule has 0 fully saturated rings. The SMILES string of the molecule is [Ar].[Ar].[Ar].[CH3][Sn]([CH3])([CH3])[CH3].[CH3][Sn]([CH3])([CH3])[CH3].[CH3][Sn]([CH3])([CH3])[CH3].[CH3][Sn]([CH3])([CH3])[CH3]. The van der Waals surface area contributed by atoms with Crippen molar-refractivity contribution in [3.8, 4) is 0 Å². The van der Waals surface area contributed by atoms with Gasteiger partial charge in [-0.2, -0.15) is 0 Å². The fourth-order valence-electron chi connectivity index (χ4n) is 0. The summed E-state index contributed by atoms with van der Waals surface area (Å²) >= 11 is -4.72. The van der Waals surface area contributed by atoms with Gasteiger partial charge in [0.15, 0.2) is 0 Å². The van der Waals surface area contributed by atoms with E-state index in [1.54, 1.807) is 0 Å². The molecule has 0 aromatic rings. The molecule has 0 aliphatic rings. The van der Waals surface area contributed by atoms with Crippen molar-refractivity contribution in [2.45, 2.75) is 79.0 Å². The molecule has 0 spiro atoms. The number of hydrogen-bond donors (Lipinski definition) is 0. The second-order valence-electron chi connectivity index (χ2n) is 12.0. The van der Waals surface area contributed by atoms with Crippen molar-refractivity contribution in [3.05, 3.63) is 0 Å². The summed E-state index contributed by atoms with van der Waals surface area (Å²) < 4.78 is 0. The predicted molar refractivity (Wildman–Crippen MR) is 117 cm³/mol. The molecule has 0 aliphatic heterocycles. The first-order valence-electron chi connectivity index (χ1n) is 8.00. The van der Waals surface area contributed by atoms with Crippen molar-refractivity contribution in [1.29, 1.82) is 0 Å². The third-order valence-corrected chi connectivity index (χ3v) is 0. The first kappa shape index (κ1) is 47.7. The van der Waals surface area contributed by atoms with E-state index >= 15 is 0 Å². The minimum absolute atomic E-state index is 0. The summed E-state index contributed by atoms with van der Waals surface area (Å²) in [6.07, 6.45) is 0. The van der Waals surface area contributed by atoms with Crippen LogP contribution in [0.4, 0.5) is 0 Å². The van der Waals surface area contributed by atoms with Crippen LogP contribution in [0.5, 0.6) is 0 Å². The maximum atomic E-state index is 2.40. The van der Waals surface area contributed by atoms with Crippen LogP contribution < -0.4 is 0 Å². The van der Waals surface area contributed by atoms with Gasteiger partial charge in [-0.3, -0.25) is 0 Å². The summed E-state index contributed by atoms with van der Waals surface area (Å²) in [4.78, 5) is 38.4. The summed E-state index contributed by atoms with van der Waals surface area (Å²) in [5.74, 6) is 0. The Kier molecular flexibility index (Phi) is 49.0. The van der Waals surface area contributed by atoms with E-state index in [1.807, 2.05) is 0 Å². The van der Waals surface area contributed by atoms with Crippen molar-refractivity contribution < 1.29 is 113 Å². The Bertz CT molecular complexity index is 137. The summed E-state index contributed by atoms with van der Waals surface area (Å²) in [7, 11) is 0. The van der Waals surface area contributed by atoms with Gasteiger partial charge in [-0.05, 0) is 0 Å². The van der Waals surface area contributed by atoms with Crippen molar-refractivity contribution in [2.75, 3.05) is 0 Å². The molecule has 0 heterocycles. The zero-order chi connectivity index (χ0) is 18.0. The molecular formula is C16H48Ar3Sn4. The van der Waals surface area contributed by atoms with Crippen LogP contribution in [-0.4, -0.2) is 73.5 Å². The van der Waals surface area contributed by atoms with Gasteiger partial charge in [0.2, 0.25) is 0 Å². The van der Waals surface area contributed by atoms with Crippen LogP contribution in [-0.2, 0) is 0 Å². The molecule has 0 rings (SSSR count). The van der Waals surface area contributed by atoms with Crippen LogP contribution in [0, 0.1) is 113 Å². The van der Waals surface area contributed by atoms with Gasteiger partial charge in [-0.25, -0.2) is 0 Å². The Morgan fingerprint density at radius 2 is 0.217 bits per heavy atom. The van der Waals surface area contributed by atoms with E-state index in [0.29, 0.717) is 0 Å². The molecule has 0 unspecified atom stereocenters. The zero-order valence-corrected chi connectivity index (χ0v) is 32.6. The molecule has 0 aromatic carbocycles. The van der Waals surface area contributed by atoms with Gasteiger partial charge >= 0.3 is 153 Å². The predicted octanol–water partition coefficient (Wildman–Crippen LogP) is 7.82. The third-order valence-electron chi connectivity index (χ3n) is 0. The Labute approximate surface area is 258 Å². The minimum atomic E-state index is -1.18. The molecule has 0 nitrogen and oxygen atoms in total. The molecule has 0 bridgehead atoms. The molecule has 152 valence electrons. The Balaban J connectivity index is -0.0000000284. The van der Waals surface area contributed by atoms with Gasteiger partial charge in [0.25, 0.3) is 0 Å². The maximum absolute atomic E-state index is 2.40. The van der Waals surface area contributed by atoms with Crippen molar-refractivity contribution in [1.82, 2.24) is 0 Å². The Morgan fingerprint density at radius 1 is 0.217 bits per heavy atom. The normalized spacial score (nSPS) is 10.4. The van der Waals surface area contributed by atoms with Crippen LogP contribution >= 0.6 is 0 Å². The van der Waals surface area contributed by atoms with E-state index in [1.165, 1.54) is 0 Å². The summed E-state index contributed by atoms with van der Waals surface area (Å²) in [5.41, 5.74) is 0. The first-order valence-corrected chi connectivity index (χ1v) is 53.7. The van der Waals surface area contributed by atoms with E-state index in [0.717, 1.165) is 0 Å². The van der Waals surface area contributed by atoms with E-state index < -0.39 is 73.5 Å². The van der Waals surface area contributed by atoms with Gasteiger partial charge in [0, 0.05) is 113 Å². The van der Waals surface area contributed by atoms with E-state index in [2.05, 4.69) is 79.0 Å². The second-order valence-corrected chi connectivity index (χ2v) is 80.5. The second kappa shape index (κ2) is 23.6. The molecule has 0 saturated carbocycles. The molecule has 0 saturated heterocycles. The summed E-state index contributed by atoms with van der Waals surface area (Å²) in [6, 6.07) is 0. The van der Waals surface area contributed by atoms with Gasteiger partial charge < -0.3 is 0 Å². The monoisotopic (exact) mass is 840 g/mol. The van der Waals surface area contributed by atoms with Gasteiger partial charge in [0.05, 0.1) is 0 Å². The van der Waals surface area contributed by atoms with Crippen molar-refractivity contribution in [3.63, 3.8) is 0 Å². The number of rotatable bonds is 0. The van der Waals surface area contributed by atoms with Gasteiger partial charge in [-0.15, -0.1) is 0 Å². The number of hydrogen-bond acceptors (Lipinski definition) is 0. The molecule has 0 radical (unpaired) electrons. The Hall–Kier alpha value is 6.97. The molecule has 0 N–H and O–H groups in total. The van der Waals surface area contributed by atoms with Crippen molar-refractivity contribution >= 4 is 73.5 Å². The van der Waals surface area contributed by atoms with E-state index in [-0.39, 0.29) is 113 Å². The zero-order valence-electron chi connectivity index (χ0n) is 19.1. The summed E-state index contributed by atoms with van der Waals surface area (Å²) in [6.45, 7) is 0. The molecule has 0 aliphatic carbocycles. The topological polar surface area (TPSA) is 0 Å². The van der Waals surface area contributed by atoms with Crippen LogP contribution in [0.25, 0.3) is 0 Å². The average Bonchev–Trinajstić information content (AvgIpc) is 1.62. The third kappa shape index (κ3) is 433. The summed E-state index contributed by atoms with van der Waals surface area (Å²) in [5, 5.41) is 0. The van der Waals surface area contributed by atoms with Crippen molar-refractivity contribution in [2.24, 2.45) is 0 Å². The van der Waals surface area contributed by atoms with E-state index in [9.17, 15) is 0 Å². The fraction of sp³-hybridized carbons (Fsp3) is 1.00. The molecule has 0 atom stereocenters. The first-order chi connectivity index (χ1) is 8.00. The molecule has 7 heteroatoms. The fourth-order valence-corrected chi connectivity index (χ4v) is 0. The Morgan fingerprint density at radius 3 is 0.217 bits per heavy atom. The molecule has 23 heavy (non-hydrogen) atoms. The van der Waals surface area contributed by atoms with Crippen LogP contribution in [0.2, 0.25) is 79.0 Å². The van der Waals surface area contributed by atoms with Gasteiger partial charge in [-0.1, -0.05) is 0 Å².